The summed E-state index contributed by atoms with van der Waals surface area (Å²) in [4.78, 5) is 20.2. The van der Waals surface area contributed by atoms with Gasteiger partial charge in [-0.2, -0.15) is 4.39 Å². The zero-order valence-electron chi connectivity index (χ0n) is 12.2. The van der Waals surface area contributed by atoms with Crippen LogP contribution in [0.25, 0.3) is 0 Å². The third-order valence-electron chi connectivity index (χ3n) is 4.14. The van der Waals surface area contributed by atoms with Crippen molar-refractivity contribution >= 4 is 11.7 Å². The molecule has 2 atom stereocenters. The highest BCUT2D eigenvalue weighted by atomic mass is 19.1. The largest absolute Gasteiger partial charge is 0.368 e. The molecule has 2 aliphatic rings. The molecule has 0 bridgehead atoms. The van der Waals surface area contributed by atoms with Gasteiger partial charge in [-0.1, -0.05) is 6.07 Å². The van der Waals surface area contributed by atoms with Gasteiger partial charge in [-0.3, -0.25) is 4.79 Å². The molecule has 21 heavy (non-hydrogen) atoms. The molecule has 3 heterocycles. The zero-order chi connectivity index (χ0) is 14.8. The highest BCUT2D eigenvalue weighted by molar-refractivity contribution is 5.81. The van der Waals surface area contributed by atoms with Gasteiger partial charge in [-0.15, -0.1) is 0 Å². The highest BCUT2D eigenvalue weighted by Crippen LogP contribution is 2.21. The Morgan fingerprint density at radius 2 is 2.29 bits per heavy atom. The Labute approximate surface area is 123 Å². The number of pyridine rings is 1. The number of ether oxygens (including phenoxy) is 1. The molecule has 6 heteroatoms. The number of aromatic nitrogens is 1. The molecule has 0 aromatic carbocycles. The molecule has 1 aromatic heterocycles. The maximum atomic E-state index is 13.2. The number of halogens is 1. The van der Waals surface area contributed by atoms with Crippen LogP contribution in [-0.2, 0) is 9.53 Å². The summed E-state index contributed by atoms with van der Waals surface area (Å²) in [7, 11) is 0. The Balaban J connectivity index is 1.65. The molecule has 1 amide bonds. The van der Waals surface area contributed by atoms with Crippen molar-refractivity contribution in [2.75, 3.05) is 31.1 Å². The van der Waals surface area contributed by atoms with Crippen molar-refractivity contribution in [2.45, 2.75) is 31.9 Å². The summed E-state index contributed by atoms with van der Waals surface area (Å²) in [6.07, 6.45) is 1.51. The van der Waals surface area contributed by atoms with Crippen LogP contribution in [-0.4, -0.2) is 54.2 Å². The third kappa shape index (κ3) is 3.00. The van der Waals surface area contributed by atoms with Gasteiger partial charge in [0.05, 0.1) is 0 Å². The van der Waals surface area contributed by atoms with Gasteiger partial charge in [0.2, 0.25) is 5.95 Å². The topological polar surface area (TPSA) is 45.7 Å². The van der Waals surface area contributed by atoms with Gasteiger partial charge in [-0.25, -0.2) is 4.98 Å². The van der Waals surface area contributed by atoms with Gasteiger partial charge in [0.15, 0.2) is 0 Å². The van der Waals surface area contributed by atoms with E-state index in [9.17, 15) is 9.18 Å². The van der Waals surface area contributed by atoms with Crippen LogP contribution < -0.4 is 4.90 Å². The molecular weight excluding hydrogens is 273 g/mol. The number of carbonyl (C=O) groups is 1. The van der Waals surface area contributed by atoms with Crippen LogP contribution >= 0.6 is 0 Å². The van der Waals surface area contributed by atoms with Gasteiger partial charge >= 0.3 is 0 Å². The van der Waals surface area contributed by atoms with Crippen LogP contribution in [0.5, 0.6) is 0 Å². The molecule has 0 N–H and O–H groups in total. The lowest BCUT2D eigenvalue weighted by molar-refractivity contribution is -0.141. The second kappa shape index (κ2) is 5.97. The van der Waals surface area contributed by atoms with E-state index in [1.165, 1.54) is 6.07 Å². The lowest BCUT2D eigenvalue weighted by Crippen LogP contribution is -2.55. The van der Waals surface area contributed by atoms with Crippen LogP contribution in [0.4, 0.5) is 10.2 Å². The summed E-state index contributed by atoms with van der Waals surface area (Å²) in [6, 6.07) is 4.91. The summed E-state index contributed by atoms with van der Waals surface area (Å²) in [5, 5.41) is 0. The molecule has 5 nitrogen and oxygen atoms in total. The predicted molar refractivity (Wildman–Crippen MR) is 76.6 cm³/mol. The van der Waals surface area contributed by atoms with Crippen molar-refractivity contribution in [2.24, 2.45) is 0 Å². The van der Waals surface area contributed by atoms with E-state index in [1.807, 2.05) is 16.7 Å². The fraction of sp³-hybridized carbons (Fsp3) is 0.600. The van der Waals surface area contributed by atoms with Gasteiger partial charge in [-0.05, 0) is 31.9 Å². The minimum Gasteiger partial charge on any atom is -0.368 e. The van der Waals surface area contributed by atoms with E-state index in [0.29, 0.717) is 32.1 Å². The van der Waals surface area contributed by atoms with Crippen LogP contribution in [0.1, 0.15) is 19.8 Å². The van der Waals surface area contributed by atoms with E-state index < -0.39 is 5.95 Å². The molecule has 1 aromatic rings. The lowest BCUT2D eigenvalue weighted by atomic mass is 10.1. The fourth-order valence-corrected chi connectivity index (χ4v) is 3.03. The standard InChI is InChI=1S/C15H20FN3O2/c1-11-10-18(15(20)12-4-3-9-21-12)7-8-19(11)14-6-2-5-13(16)17-14/h2,5-6,11-12H,3-4,7-10H2,1H3. The van der Waals surface area contributed by atoms with E-state index in [1.54, 1.807) is 12.1 Å². The Morgan fingerprint density at radius 3 is 2.95 bits per heavy atom. The van der Waals surface area contributed by atoms with Crippen LogP contribution in [0.2, 0.25) is 0 Å². The maximum Gasteiger partial charge on any atom is 0.251 e. The quantitative estimate of drug-likeness (QED) is 0.774. The molecule has 2 unspecified atom stereocenters. The van der Waals surface area contributed by atoms with Gasteiger partial charge in [0.1, 0.15) is 11.9 Å². The fourth-order valence-electron chi connectivity index (χ4n) is 3.03. The molecule has 3 rings (SSSR count). The van der Waals surface area contributed by atoms with E-state index in [4.69, 9.17) is 4.74 Å². The van der Waals surface area contributed by atoms with Crippen LogP contribution in [0.15, 0.2) is 18.2 Å². The molecule has 2 saturated heterocycles. The third-order valence-corrected chi connectivity index (χ3v) is 4.14. The predicted octanol–water partition coefficient (Wildman–Crippen LogP) is 1.44. The molecule has 0 spiro atoms. The molecular formula is C15H20FN3O2. The number of carbonyl (C=O) groups excluding carboxylic acids is 1. The van der Waals surface area contributed by atoms with Crippen molar-refractivity contribution in [1.82, 2.24) is 9.88 Å². The minimum absolute atomic E-state index is 0.0891. The summed E-state index contributed by atoms with van der Waals surface area (Å²) in [5.41, 5.74) is 0. The Morgan fingerprint density at radius 1 is 1.43 bits per heavy atom. The first kappa shape index (κ1) is 14.3. The summed E-state index contributed by atoms with van der Waals surface area (Å²) in [5.74, 6) is 0.246. The first-order valence-corrected chi connectivity index (χ1v) is 7.45. The number of hydrogen-bond donors (Lipinski definition) is 0. The Kier molecular flexibility index (Phi) is 4.05. The number of nitrogens with zero attached hydrogens (tertiary/aromatic N) is 3. The molecule has 0 radical (unpaired) electrons. The Hall–Kier alpha value is -1.69. The van der Waals surface area contributed by atoms with Crippen molar-refractivity contribution in [1.29, 1.82) is 0 Å². The molecule has 0 aliphatic carbocycles. The van der Waals surface area contributed by atoms with Crippen molar-refractivity contribution < 1.29 is 13.9 Å². The molecule has 114 valence electrons. The first-order valence-electron chi connectivity index (χ1n) is 7.45. The van der Waals surface area contributed by atoms with Crippen LogP contribution in [0.3, 0.4) is 0 Å². The molecule has 0 saturated carbocycles. The van der Waals surface area contributed by atoms with Gasteiger partial charge < -0.3 is 14.5 Å². The van der Waals surface area contributed by atoms with Gasteiger partial charge in [0, 0.05) is 32.3 Å². The highest BCUT2D eigenvalue weighted by Gasteiger charge is 2.33. The van der Waals surface area contributed by atoms with Crippen molar-refractivity contribution in [3.63, 3.8) is 0 Å². The first-order chi connectivity index (χ1) is 10.1. The number of rotatable bonds is 2. The number of hydrogen-bond acceptors (Lipinski definition) is 4. The molecule has 2 fully saturated rings. The summed E-state index contributed by atoms with van der Waals surface area (Å²) < 4.78 is 18.7. The SMILES string of the molecule is CC1CN(C(=O)C2CCCO2)CCN1c1cccc(F)n1. The Bertz CT molecular complexity index is 519. The van der Waals surface area contributed by atoms with Gasteiger partial charge in [0.25, 0.3) is 5.91 Å². The smallest absolute Gasteiger partial charge is 0.251 e. The normalized spacial score (nSPS) is 26.2. The zero-order valence-corrected chi connectivity index (χ0v) is 12.2. The minimum atomic E-state index is -0.474. The lowest BCUT2D eigenvalue weighted by Gasteiger charge is -2.41. The second-order valence-electron chi connectivity index (χ2n) is 5.65. The van der Waals surface area contributed by atoms with Crippen molar-refractivity contribution in [3.05, 3.63) is 24.1 Å². The second-order valence-corrected chi connectivity index (χ2v) is 5.65. The van der Waals surface area contributed by atoms with E-state index in [0.717, 1.165) is 12.8 Å². The van der Waals surface area contributed by atoms with Crippen LogP contribution in [0, 0.1) is 5.95 Å². The van der Waals surface area contributed by atoms with Crippen molar-refractivity contribution in [3.8, 4) is 0 Å². The maximum absolute atomic E-state index is 13.2. The monoisotopic (exact) mass is 293 g/mol. The van der Waals surface area contributed by atoms with E-state index in [-0.39, 0.29) is 18.1 Å². The molecule has 2 aliphatic heterocycles. The summed E-state index contributed by atoms with van der Waals surface area (Å²) >= 11 is 0. The average Bonchev–Trinajstić information content (AvgIpc) is 3.00. The number of piperazine rings is 1. The van der Waals surface area contributed by atoms with E-state index in [2.05, 4.69) is 4.98 Å². The number of anilines is 1. The van der Waals surface area contributed by atoms with E-state index >= 15 is 0 Å². The number of amides is 1. The summed E-state index contributed by atoms with van der Waals surface area (Å²) in [6.45, 7) is 4.62. The average molecular weight is 293 g/mol.